The second-order valence-corrected chi connectivity index (χ2v) is 6.80. The number of benzene rings is 2. The maximum absolute atomic E-state index is 13.1. The lowest BCUT2D eigenvalue weighted by molar-refractivity contribution is -0.131. The van der Waals surface area contributed by atoms with E-state index in [4.69, 9.17) is 13.9 Å². The van der Waals surface area contributed by atoms with Gasteiger partial charge in [-0.1, -0.05) is 12.1 Å². The molecule has 30 heavy (non-hydrogen) atoms. The number of para-hydroxylation sites is 2. The number of nitrogens with zero attached hydrogens (tertiary/aromatic N) is 2. The van der Waals surface area contributed by atoms with Crippen LogP contribution in [0.5, 0.6) is 11.5 Å². The third-order valence-electron chi connectivity index (χ3n) is 5.00. The minimum Gasteiger partial charge on any atom is -0.497 e. The van der Waals surface area contributed by atoms with E-state index in [0.29, 0.717) is 17.9 Å². The van der Waals surface area contributed by atoms with Crippen molar-refractivity contribution in [3.8, 4) is 11.5 Å². The molecule has 0 spiro atoms. The number of nitrogens with one attached hydrogen (secondary N) is 1. The van der Waals surface area contributed by atoms with Crippen LogP contribution in [0, 0.1) is 0 Å². The third kappa shape index (κ3) is 4.00. The quantitative estimate of drug-likeness (QED) is 0.641. The van der Waals surface area contributed by atoms with Gasteiger partial charge in [-0.25, -0.2) is 5.01 Å². The summed E-state index contributed by atoms with van der Waals surface area (Å²) in [5.74, 6) is 1.99. The average molecular weight is 405 g/mol. The number of rotatable bonds is 7. The molecule has 7 heteroatoms. The van der Waals surface area contributed by atoms with Gasteiger partial charge in [0.25, 0.3) is 5.91 Å². The van der Waals surface area contributed by atoms with Crippen LogP contribution < -0.4 is 14.8 Å². The molecule has 154 valence electrons. The number of hydrazone groups is 1. The van der Waals surface area contributed by atoms with Gasteiger partial charge in [0.15, 0.2) is 0 Å². The summed E-state index contributed by atoms with van der Waals surface area (Å²) in [5, 5.41) is 9.28. The van der Waals surface area contributed by atoms with E-state index in [1.807, 2.05) is 60.7 Å². The van der Waals surface area contributed by atoms with Crippen LogP contribution in [0.4, 0.5) is 5.69 Å². The van der Waals surface area contributed by atoms with E-state index in [-0.39, 0.29) is 18.5 Å². The highest BCUT2D eigenvalue weighted by Crippen LogP contribution is 2.33. The Balaban J connectivity index is 1.55. The van der Waals surface area contributed by atoms with E-state index < -0.39 is 0 Å². The number of ether oxygens (including phenoxy) is 2. The molecule has 1 N–H and O–H groups in total. The Morgan fingerprint density at radius 1 is 1.10 bits per heavy atom. The Bertz CT molecular complexity index is 1030. The zero-order chi connectivity index (χ0) is 20.9. The summed E-state index contributed by atoms with van der Waals surface area (Å²) in [7, 11) is 3.23. The summed E-state index contributed by atoms with van der Waals surface area (Å²) in [6.45, 7) is 0.0803. The van der Waals surface area contributed by atoms with Crippen molar-refractivity contribution in [2.24, 2.45) is 5.10 Å². The smallest absolute Gasteiger partial charge is 0.262 e. The van der Waals surface area contributed by atoms with Gasteiger partial charge in [-0.15, -0.1) is 0 Å². The van der Waals surface area contributed by atoms with Crippen LogP contribution in [0.25, 0.3) is 0 Å². The van der Waals surface area contributed by atoms with Crippen molar-refractivity contribution in [2.75, 3.05) is 26.1 Å². The molecule has 0 saturated heterocycles. The van der Waals surface area contributed by atoms with Crippen LogP contribution in [0.2, 0.25) is 0 Å². The van der Waals surface area contributed by atoms with Gasteiger partial charge in [-0.05, 0) is 54.1 Å². The second kappa shape index (κ2) is 8.73. The van der Waals surface area contributed by atoms with Gasteiger partial charge in [0.05, 0.1) is 38.4 Å². The molecular weight excluding hydrogens is 382 g/mol. The molecule has 0 radical (unpaired) electrons. The van der Waals surface area contributed by atoms with E-state index in [9.17, 15) is 4.79 Å². The van der Waals surface area contributed by atoms with Crippen molar-refractivity contribution < 1.29 is 18.7 Å². The monoisotopic (exact) mass is 405 g/mol. The molecule has 0 saturated carbocycles. The Labute approximate surface area is 174 Å². The van der Waals surface area contributed by atoms with Gasteiger partial charge in [0.2, 0.25) is 0 Å². The maximum Gasteiger partial charge on any atom is 0.262 e. The van der Waals surface area contributed by atoms with Crippen LogP contribution >= 0.6 is 0 Å². The summed E-state index contributed by atoms with van der Waals surface area (Å²) in [5.41, 5.74) is 2.52. The van der Waals surface area contributed by atoms with Crippen molar-refractivity contribution in [1.82, 2.24) is 5.01 Å². The number of hydrogen-bond acceptors (Lipinski definition) is 6. The number of anilines is 1. The van der Waals surface area contributed by atoms with Crippen LogP contribution in [0.3, 0.4) is 0 Å². The minimum atomic E-state index is -0.288. The lowest BCUT2D eigenvalue weighted by Gasteiger charge is -2.20. The zero-order valence-electron chi connectivity index (χ0n) is 16.9. The first kappa shape index (κ1) is 19.6. The van der Waals surface area contributed by atoms with E-state index >= 15 is 0 Å². The molecule has 0 aliphatic carbocycles. The molecule has 0 unspecified atom stereocenters. The van der Waals surface area contributed by atoms with Gasteiger partial charge in [-0.2, -0.15) is 5.10 Å². The highest BCUT2D eigenvalue weighted by Gasteiger charge is 2.34. The standard InChI is InChI=1S/C23H23N3O4/c1-28-17-11-9-16(10-12-17)19-14-20(22-8-5-13-30-22)26(25-19)23(27)15-24-18-6-3-4-7-21(18)29-2/h3-13,20,24H,14-15H2,1-2H3/t20-/m0/s1. The van der Waals surface area contributed by atoms with Crippen LogP contribution in [0.15, 0.2) is 76.4 Å². The molecule has 1 aliphatic heterocycles. The summed E-state index contributed by atoms with van der Waals surface area (Å²) >= 11 is 0. The lowest BCUT2D eigenvalue weighted by atomic mass is 10.0. The van der Waals surface area contributed by atoms with Crippen LogP contribution in [-0.4, -0.2) is 37.4 Å². The largest absolute Gasteiger partial charge is 0.497 e. The molecular formula is C23H23N3O4. The van der Waals surface area contributed by atoms with Crippen molar-refractivity contribution >= 4 is 17.3 Å². The van der Waals surface area contributed by atoms with Crippen LogP contribution in [0.1, 0.15) is 23.8 Å². The molecule has 7 nitrogen and oxygen atoms in total. The van der Waals surface area contributed by atoms with E-state index in [2.05, 4.69) is 10.4 Å². The van der Waals surface area contributed by atoms with Gasteiger partial charge < -0.3 is 19.2 Å². The third-order valence-corrected chi connectivity index (χ3v) is 5.00. The zero-order valence-corrected chi connectivity index (χ0v) is 16.9. The fourth-order valence-electron chi connectivity index (χ4n) is 3.44. The molecule has 1 atom stereocenters. The number of amides is 1. The molecule has 2 aromatic carbocycles. The van der Waals surface area contributed by atoms with Crippen molar-refractivity contribution in [3.05, 3.63) is 78.3 Å². The topological polar surface area (TPSA) is 76.3 Å². The highest BCUT2D eigenvalue weighted by atomic mass is 16.5. The number of hydrogen-bond donors (Lipinski definition) is 1. The summed E-state index contributed by atoms with van der Waals surface area (Å²) in [6.07, 6.45) is 2.18. The SMILES string of the molecule is COc1ccc(C2=NN(C(=O)CNc3ccccc3OC)[C@H](c3ccco3)C2)cc1. The van der Waals surface area contributed by atoms with Gasteiger partial charge >= 0.3 is 0 Å². The van der Waals surface area contributed by atoms with E-state index in [0.717, 1.165) is 22.7 Å². The fourth-order valence-corrected chi connectivity index (χ4v) is 3.44. The average Bonchev–Trinajstić information content (AvgIpc) is 3.47. The van der Waals surface area contributed by atoms with Crippen LogP contribution in [-0.2, 0) is 4.79 Å². The second-order valence-electron chi connectivity index (χ2n) is 6.80. The van der Waals surface area contributed by atoms with Gasteiger partial charge in [0.1, 0.15) is 23.3 Å². The van der Waals surface area contributed by atoms with E-state index in [1.54, 1.807) is 20.5 Å². The summed E-state index contributed by atoms with van der Waals surface area (Å²) < 4.78 is 16.2. The molecule has 0 bridgehead atoms. The maximum atomic E-state index is 13.1. The first-order chi connectivity index (χ1) is 14.7. The normalized spacial score (nSPS) is 15.6. The molecule has 3 aromatic rings. The molecule has 1 aliphatic rings. The number of carbonyl (C=O) groups is 1. The molecule has 4 rings (SSSR count). The minimum absolute atomic E-state index is 0.0803. The van der Waals surface area contributed by atoms with Gasteiger partial charge in [0, 0.05) is 6.42 Å². The predicted octanol–water partition coefficient (Wildman–Crippen LogP) is 4.09. The number of carbonyl (C=O) groups excluding carboxylic acids is 1. The summed E-state index contributed by atoms with van der Waals surface area (Å²) in [6, 6.07) is 18.5. The van der Waals surface area contributed by atoms with Crippen molar-refractivity contribution in [3.63, 3.8) is 0 Å². The molecule has 1 amide bonds. The van der Waals surface area contributed by atoms with Crippen molar-refractivity contribution in [1.29, 1.82) is 0 Å². The number of methoxy groups -OCH3 is 2. The van der Waals surface area contributed by atoms with E-state index in [1.165, 1.54) is 5.01 Å². The number of furan rings is 1. The van der Waals surface area contributed by atoms with Gasteiger partial charge in [-0.3, -0.25) is 4.79 Å². The summed E-state index contributed by atoms with van der Waals surface area (Å²) in [4.78, 5) is 13.1. The molecule has 0 fully saturated rings. The fraction of sp³-hybridized carbons (Fsp3) is 0.217. The highest BCUT2D eigenvalue weighted by molar-refractivity contribution is 6.03. The lowest BCUT2D eigenvalue weighted by Crippen LogP contribution is -2.32. The first-order valence-electron chi connectivity index (χ1n) is 9.64. The van der Waals surface area contributed by atoms with Crippen molar-refractivity contribution in [2.45, 2.75) is 12.5 Å². The Morgan fingerprint density at radius 3 is 2.60 bits per heavy atom. The predicted molar refractivity (Wildman–Crippen MR) is 114 cm³/mol. The first-order valence-corrected chi connectivity index (χ1v) is 9.64. The Hall–Kier alpha value is -3.74. The Kier molecular flexibility index (Phi) is 5.70. The molecule has 1 aromatic heterocycles. The molecule has 2 heterocycles. The Morgan fingerprint density at radius 2 is 1.90 bits per heavy atom.